The standard InChI is InChI=1S/C18H23BrO3/c1-11-12-7-3-4-8-13(12)15(19)16(20)14(11)18(17(21)22)9-5-2-6-10-18/h20H,2-10H2,1H3,(H,21,22). The molecule has 4 heteroatoms. The minimum absolute atomic E-state index is 0.169. The molecule has 1 fully saturated rings. The van der Waals surface area contributed by atoms with E-state index in [1.54, 1.807) is 0 Å². The normalized spacial score (nSPS) is 20.5. The number of aromatic hydroxyl groups is 1. The van der Waals surface area contributed by atoms with Crippen molar-refractivity contribution in [3.8, 4) is 5.75 Å². The monoisotopic (exact) mass is 366 g/mol. The second kappa shape index (κ2) is 5.88. The van der Waals surface area contributed by atoms with Crippen LogP contribution < -0.4 is 0 Å². The summed E-state index contributed by atoms with van der Waals surface area (Å²) in [5.74, 6) is -0.615. The fraction of sp³-hybridized carbons (Fsp3) is 0.611. The Morgan fingerprint density at radius 3 is 2.23 bits per heavy atom. The molecule has 0 spiro atoms. The zero-order chi connectivity index (χ0) is 15.9. The molecule has 1 aromatic rings. The van der Waals surface area contributed by atoms with E-state index in [0.29, 0.717) is 18.4 Å². The minimum Gasteiger partial charge on any atom is -0.506 e. The molecule has 0 atom stereocenters. The van der Waals surface area contributed by atoms with Gasteiger partial charge in [-0.3, -0.25) is 4.79 Å². The highest BCUT2D eigenvalue weighted by molar-refractivity contribution is 9.10. The van der Waals surface area contributed by atoms with E-state index in [2.05, 4.69) is 15.9 Å². The largest absolute Gasteiger partial charge is 0.506 e. The lowest BCUT2D eigenvalue weighted by Gasteiger charge is -2.37. The van der Waals surface area contributed by atoms with Gasteiger partial charge in [0.2, 0.25) is 0 Å². The Kier molecular flexibility index (Phi) is 4.23. The molecule has 0 amide bonds. The van der Waals surface area contributed by atoms with E-state index in [9.17, 15) is 15.0 Å². The predicted octanol–water partition coefficient (Wildman–Crippen LogP) is 4.63. The second-order valence-corrected chi connectivity index (χ2v) is 7.57. The molecule has 1 saturated carbocycles. The van der Waals surface area contributed by atoms with Gasteiger partial charge in [0.25, 0.3) is 0 Å². The fourth-order valence-electron chi connectivity index (χ4n) is 4.45. The topological polar surface area (TPSA) is 57.5 Å². The smallest absolute Gasteiger partial charge is 0.314 e. The predicted molar refractivity (Wildman–Crippen MR) is 89.6 cm³/mol. The van der Waals surface area contributed by atoms with E-state index in [0.717, 1.165) is 55.0 Å². The lowest BCUT2D eigenvalue weighted by atomic mass is 9.66. The number of hydrogen-bond acceptors (Lipinski definition) is 2. The van der Waals surface area contributed by atoms with Crippen LogP contribution in [0.4, 0.5) is 0 Å². The van der Waals surface area contributed by atoms with Gasteiger partial charge in [-0.25, -0.2) is 0 Å². The van der Waals surface area contributed by atoms with E-state index >= 15 is 0 Å². The summed E-state index contributed by atoms with van der Waals surface area (Å²) in [5.41, 5.74) is 3.21. The molecule has 0 aliphatic heterocycles. The first kappa shape index (κ1) is 15.9. The number of phenolic OH excluding ortho intramolecular Hbond substituents is 1. The summed E-state index contributed by atoms with van der Waals surface area (Å²) in [6.45, 7) is 2.00. The average molecular weight is 367 g/mol. The third-order valence-corrected chi connectivity index (χ3v) is 6.45. The van der Waals surface area contributed by atoms with Gasteiger partial charge >= 0.3 is 5.97 Å². The molecule has 0 heterocycles. The van der Waals surface area contributed by atoms with Crippen molar-refractivity contribution in [3.05, 3.63) is 26.7 Å². The fourth-order valence-corrected chi connectivity index (χ4v) is 5.09. The van der Waals surface area contributed by atoms with Gasteiger partial charge in [0.15, 0.2) is 0 Å². The first-order valence-corrected chi connectivity index (χ1v) is 9.05. The summed E-state index contributed by atoms with van der Waals surface area (Å²) in [7, 11) is 0. The highest BCUT2D eigenvalue weighted by Crippen LogP contribution is 2.50. The number of phenols is 1. The van der Waals surface area contributed by atoms with Crippen LogP contribution in [-0.2, 0) is 23.1 Å². The number of carbonyl (C=O) groups is 1. The van der Waals surface area contributed by atoms with Gasteiger partial charge in [0, 0.05) is 5.56 Å². The molecule has 120 valence electrons. The van der Waals surface area contributed by atoms with Gasteiger partial charge in [-0.15, -0.1) is 0 Å². The summed E-state index contributed by atoms with van der Waals surface area (Å²) in [5, 5.41) is 20.8. The lowest BCUT2D eigenvalue weighted by molar-refractivity contribution is -0.145. The SMILES string of the molecule is Cc1c2c(c(Br)c(O)c1C1(C(=O)O)CCCCC1)CCCC2. The number of rotatable bonds is 2. The number of carboxylic acids is 1. The number of hydrogen-bond donors (Lipinski definition) is 2. The molecule has 0 unspecified atom stereocenters. The van der Waals surface area contributed by atoms with Crippen molar-refractivity contribution in [1.29, 1.82) is 0 Å². The van der Waals surface area contributed by atoms with Crippen LogP contribution in [0.25, 0.3) is 0 Å². The Balaban J connectivity index is 2.25. The molecule has 0 saturated heterocycles. The van der Waals surface area contributed by atoms with Crippen LogP contribution in [0.15, 0.2) is 4.47 Å². The van der Waals surface area contributed by atoms with Crippen LogP contribution >= 0.6 is 15.9 Å². The third kappa shape index (κ3) is 2.27. The molecular formula is C18H23BrO3. The third-order valence-electron chi connectivity index (χ3n) is 5.60. The molecule has 0 aromatic heterocycles. The van der Waals surface area contributed by atoms with Gasteiger partial charge in [-0.1, -0.05) is 19.3 Å². The van der Waals surface area contributed by atoms with Crippen LogP contribution in [0.1, 0.15) is 67.2 Å². The quantitative estimate of drug-likeness (QED) is 0.801. The molecule has 22 heavy (non-hydrogen) atoms. The van der Waals surface area contributed by atoms with Crippen molar-refractivity contribution in [2.45, 2.75) is 70.1 Å². The number of aliphatic carboxylic acids is 1. The Bertz CT molecular complexity index is 615. The molecule has 2 N–H and O–H groups in total. The van der Waals surface area contributed by atoms with E-state index in [-0.39, 0.29) is 5.75 Å². The molecule has 0 bridgehead atoms. The van der Waals surface area contributed by atoms with Crippen molar-refractivity contribution >= 4 is 21.9 Å². The zero-order valence-electron chi connectivity index (χ0n) is 13.0. The highest BCUT2D eigenvalue weighted by Gasteiger charge is 2.45. The summed E-state index contributed by atoms with van der Waals surface area (Å²) in [6.07, 6.45) is 8.40. The average Bonchev–Trinajstić information content (AvgIpc) is 2.53. The van der Waals surface area contributed by atoms with Gasteiger partial charge in [0.1, 0.15) is 5.75 Å². The second-order valence-electron chi connectivity index (χ2n) is 6.77. The van der Waals surface area contributed by atoms with E-state index in [1.807, 2.05) is 6.92 Å². The van der Waals surface area contributed by atoms with Crippen molar-refractivity contribution in [2.24, 2.45) is 0 Å². The summed E-state index contributed by atoms with van der Waals surface area (Å²) in [6, 6.07) is 0. The van der Waals surface area contributed by atoms with Crippen LogP contribution in [0.2, 0.25) is 0 Å². The Hall–Kier alpha value is -1.03. The summed E-state index contributed by atoms with van der Waals surface area (Å²) >= 11 is 3.55. The van der Waals surface area contributed by atoms with Crippen molar-refractivity contribution in [2.75, 3.05) is 0 Å². The molecule has 0 radical (unpaired) electrons. The molecule has 3 nitrogen and oxygen atoms in total. The van der Waals surface area contributed by atoms with Crippen LogP contribution in [-0.4, -0.2) is 16.2 Å². The number of fused-ring (bicyclic) bond motifs is 1. The van der Waals surface area contributed by atoms with Gasteiger partial charge in [0.05, 0.1) is 9.89 Å². The molecule has 2 aliphatic rings. The lowest BCUT2D eigenvalue weighted by Crippen LogP contribution is -2.39. The van der Waals surface area contributed by atoms with Crippen LogP contribution in [0.5, 0.6) is 5.75 Å². The first-order chi connectivity index (χ1) is 10.5. The number of benzene rings is 1. The summed E-state index contributed by atoms with van der Waals surface area (Å²) < 4.78 is 0.731. The van der Waals surface area contributed by atoms with Gasteiger partial charge in [-0.2, -0.15) is 0 Å². The minimum atomic E-state index is -0.915. The van der Waals surface area contributed by atoms with E-state index in [1.165, 1.54) is 11.1 Å². The van der Waals surface area contributed by atoms with E-state index in [4.69, 9.17) is 0 Å². The van der Waals surface area contributed by atoms with Crippen LogP contribution in [0.3, 0.4) is 0 Å². The summed E-state index contributed by atoms with van der Waals surface area (Å²) in [4.78, 5) is 12.1. The molecular weight excluding hydrogens is 344 g/mol. The maximum Gasteiger partial charge on any atom is 0.314 e. The molecule has 1 aromatic carbocycles. The van der Waals surface area contributed by atoms with E-state index < -0.39 is 11.4 Å². The number of carboxylic acid groups (broad SMARTS) is 1. The first-order valence-electron chi connectivity index (χ1n) is 8.25. The van der Waals surface area contributed by atoms with Crippen LogP contribution in [0, 0.1) is 6.92 Å². The van der Waals surface area contributed by atoms with Crippen molar-refractivity contribution < 1.29 is 15.0 Å². The number of halogens is 1. The van der Waals surface area contributed by atoms with Gasteiger partial charge < -0.3 is 10.2 Å². The zero-order valence-corrected chi connectivity index (χ0v) is 14.6. The van der Waals surface area contributed by atoms with Gasteiger partial charge in [-0.05, 0) is 78.1 Å². The molecule has 3 rings (SSSR count). The Morgan fingerprint density at radius 2 is 1.64 bits per heavy atom. The van der Waals surface area contributed by atoms with Crippen molar-refractivity contribution in [3.63, 3.8) is 0 Å². The highest BCUT2D eigenvalue weighted by atomic mass is 79.9. The Labute approximate surface area is 139 Å². The van der Waals surface area contributed by atoms with Crippen molar-refractivity contribution in [1.82, 2.24) is 0 Å². The Morgan fingerprint density at radius 1 is 1.05 bits per heavy atom. The maximum absolute atomic E-state index is 12.1. The maximum atomic E-state index is 12.1. The molecule has 2 aliphatic carbocycles.